The van der Waals surface area contributed by atoms with Gasteiger partial charge in [0.2, 0.25) is 0 Å². The van der Waals surface area contributed by atoms with Crippen LogP contribution in [0.4, 0.5) is 13.2 Å². The van der Waals surface area contributed by atoms with E-state index < -0.39 is 6.36 Å². The molecule has 0 fully saturated rings. The van der Waals surface area contributed by atoms with E-state index in [-0.39, 0.29) is 11.8 Å². The number of hydrogen-bond donors (Lipinski definition) is 1. The monoisotopic (exact) mass is 433 g/mol. The summed E-state index contributed by atoms with van der Waals surface area (Å²) in [7, 11) is 0. The molecule has 0 spiro atoms. The summed E-state index contributed by atoms with van der Waals surface area (Å²) in [6, 6.07) is 13.9. The van der Waals surface area contributed by atoms with Gasteiger partial charge in [0.15, 0.2) is 17.5 Å². The van der Waals surface area contributed by atoms with Gasteiger partial charge in [-0.05, 0) is 56.3 Å². The lowest BCUT2D eigenvalue weighted by atomic mass is 10.0. The summed E-state index contributed by atoms with van der Waals surface area (Å²) in [5.41, 5.74) is 4.00. The predicted molar refractivity (Wildman–Crippen MR) is 109 cm³/mol. The van der Waals surface area contributed by atoms with Gasteiger partial charge in [0.25, 0.3) is 0 Å². The Bertz CT molecular complexity index is 1050. The van der Waals surface area contributed by atoms with Gasteiger partial charge in [0.05, 0.1) is 24.6 Å². The van der Waals surface area contributed by atoms with E-state index in [0.29, 0.717) is 31.3 Å². The SMILES string of the molecule is CCOc1cc2c(cc1OCC)-n1cccc1C(c1ccc(OC(F)(F)F)cc1)[NH2+]C2. The van der Waals surface area contributed by atoms with E-state index >= 15 is 0 Å². The summed E-state index contributed by atoms with van der Waals surface area (Å²) < 4.78 is 55.1. The van der Waals surface area contributed by atoms with Crippen LogP contribution in [0.2, 0.25) is 0 Å². The molecule has 0 radical (unpaired) electrons. The van der Waals surface area contributed by atoms with Crippen molar-refractivity contribution in [1.82, 2.24) is 4.57 Å². The lowest BCUT2D eigenvalue weighted by molar-refractivity contribution is -0.702. The molecule has 0 amide bonds. The highest BCUT2D eigenvalue weighted by molar-refractivity contribution is 5.56. The number of hydrogen-bond acceptors (Lipinski definition) is 3. The first-order valence-corrected chi connectivity index (χ1v) is 10.2. The maximum Gasteiger partial charge on any atom is 0.573 e. The fourth-order valence-corrected chi connectivity index (χ4v) is 3.93. The van der Waals surface area contributed by atoms with Crippen molar-refractivity contribution < 1.29 is 32.7 Å². The van der Waals surface area contributed by atoms with Crippen LogP contribution in [-0.4, -0.2) is 24.1 Å². The van der Waals surface area contributed by atoms with Crippen LogP contribution in [0.15, 0.2) is 54.7 Å². The van der Waals surface area contributed by atoms with Crippen molar-refractivity contribution in [2.24, 2.45) is 0 Å². The quantitative estimate of drug-likeness (QED) is 0.629. The van der Waals surface area contributed by atoms with Crippen LogP contribution in [0.3, 0.4) is 0 Å². The van der Waals surface area contributed by atoms with Crippen LogP contribution in [0, 0.1) is 0 Å². The second-order valence-electron chi connectivity index (χ2n) is 7.13. The number of ether oxygens (including phenoxy) is 3. The third kappa shape index (κ3) is 4.49. The fourth-order valence-electron chi connectivity index (χ4n) is 3.93. The second kappa shape index (κ2) is 8.55. The Morgan fingerprint density at radius 2 is 1.68 bits per heavy atom. The molecule has 5 nitrogen and oxygen atoms in total. The van der Waals surface area contributed by atoms with Gasteiger partial charge >= 0.3 is 6.36 Å². The van der Waals surface area contributed by atoms with Crippen molar-refractivity contribution in [2.75, 3.05) is 13.2 Å². The fraction of sp³-hybridized carbons (Fsp3) is 0.304. The number of nitrogens with two attached hydrogens (primary N) is 1. The Morgan fingerprint density at radius 3 is 2.32 bits per heavy atom. The van der Waals surface area contributed by atoms with Gasteiger partial charge in [-0.2, -0.15) is 0 Å². The number of fused-ring (bicyclic) bond motifs is 3. The van der Waals surface area contributed by atoms with Crippen LogP contribution >= 0.6 is 0 Å². The summed E-state index contributed by atoms with van der Waals surface area (Å²) >= 11 is 0. The standard InChI is InChI=1S/C23H23F3N2O3/c1-3-29-20-12-16-14-27-22(15-7-9-17(10-8-15)31-23(24,25)26)18-6-5-11-28(18)19(16)13-21(20)30-4-2/h5-13,22,27H,3-4,14H2,1-2H3/p+1. The van der Waals surface area contributed by atoms with Crippen molar-refractivity contribution in [1.29, 1.82) is 0 Å². The van der Waals surface area contributed by atoms with Gasteiger partial charge < -0.3 is 24.1 Å². The molecule has 1 aromatic heterocycles. The topological polar surface area (TPSA) is 49.2 Å². The lowest BCUT2D eigenvalue weighted by Gasteiger charge is -2.16. The molecule has 4 rings (SSSR count). The highest BCUT2D eigenvalue weighted by Gasteiger charge is 2.32. The first-order chi connectivity index (χ1) is 14.9. The molecule has 164 valence electrons. The van der Waals surface area contributed by atoms with E-state index in [2.05, 4.69) is 14.6 Å². The van der Waals surface area contributed by atoms with Crippen LogP contribution in [-0.2, 0) is 6.54 Å². The zero-order valence-corrected chi connectivity index (χ0v) is 17.3. The number of nitrogens with zero attached hydrogens (tertiary/aromatic N) is 1. The first-order valence-electron chi connectivity index (χ1n) is 10.2. The summed E-state index contributed by atoms with van der Waals surface area (Å²) in [6.07, 6.45) is -2.72. The number of alkyl halides is 3. The van der Waals surface area contributed by atoms with Crippen molar-refractivity contribution in [3.05, 3.63) is 71.5 Å². The summed E-state index contributed by atoms with van der Waals surface area (Å²) in [6.45, 7) is 5.60. The van der Waals surface area contributed by atoms with E-state index in [4.69, 9.17) is 9.47 Å². The van der Waals surface area contributed by atoms with Crippen molar-refractivity contribution in [3.8, 4) is 22.9 Å². The average Bonchev–Trinajstić information content (AvgIpc) is 3.14. The average molecular weight is 433 g/mol. The molecule has 1 unspecified atom stereocenters. The van der Waals surface area contributed by atoms with E-state index in [0.717, 1.165) is 22.5 Å². The Hall–Kier alpha value is -3.13. The molecule has 0 saturated carbocycles. The van der Waals surface area contributed by atoms with Gasteiger partial charge in [-0.25, -0.2) is 0 Å². The molecule has 1 aliphatic heterocycles. The summed E-state index contributed by atoms with van der Waals surface area (Å²) in [5, 5.41) is 2.16. The highest BCUT2D eigenvalue weighted by Crippen LogP contribution is 2.36. The molecular weight excluding hydrogens is 409 g/mol. The molecular formula is C23H24F3N2O3+. The van der Waals surface area contributed by atoms with Gasteiger partial charge in [-0.15, -0.1) is 13.2 Å². The molecule has 1 atom stereocenters. The zero-order chi connectivity index (χ0) is 22.0. The molecule has 2 heterocycles. The summed E-state index contributed by atoms with van der Waals surface area (Å²) in [5.74, 6) is 1.17. The van der Waals surface area contributed by atoms with Crippen LogP contribution in [0.25, 0.3) is 5.69 Å². The van der Waals surface area contributed by atoms with Crippen molar-refractivity contribution >= 4 is 0 Å². The minimum atomic E-state index is -4.71. The molecule has 0 aliphatic carbocycles. The third-order valence-electron chi connectivity index (χ3n) is 5.15. The number of halogens is 3. The molecule has 2 aromatic carbocycles. The molecule has 3 aromatic rings. The predicted octanol–water partition coefficient (Wildman–Crippen LogP) is 4.34. The summed E-state index contributed by atoms with van der Waals surface area (Å²) in [4.78, 5) is 0. The van der Waals surface area contributed by atoms with Crippen molar-refractivity contribution in [2.45, 2.75) is 32.8 Å². The third-order valence-corrected chi connectivity index (χ3v) is 5.15. The van der Waals surface area contributed by atoms with Crippen LogP contribution in [0.1, 0.15) is 36.7 Å². The van der Waals surface area contributed by atoms with Crippen molar-refractivity contribution in [3.63, 3.8) is 0 Å². The largest absolute Gasteiger partial charge is 0.573 e. The first kappa shape index (κ1) is 21.1. The van der Waals surface area contributed by atoms with E-state index in [1.165, 1.54) is 12.1 Å². The molecule has 8 heteroatoms. The van der Waals surface area contributed by atoms with Gasteiger partial charge in [0, 0.05) is 23.4 Å². The van der Waals surface area contributed by atoms with E-state index in [1.54, 1.807) is 12.1 Å². The molecule has 0 saturated heterocycles. The molecule has 31 heavy (non-hydrogen) atoms. The van der Waals surface area contributed by atoms with Gasteiger partial charge in [-0.3, -0.25) is 0 Å². The smallest absolute Gasteiger partial charge is 0.490 e. The Balaban J connectivity index is 1.70. The molecule has 0 bridgehead atoms. The van der Waals surface area contributed by atoms with Crippen LogP contribution in [0.5, 0.6) is 17.2 Å². The van der Waals surface area contributed by atoms with Gasteiger partial charge in [-0.1, -0.05) is 0 Å². The van der Waals surface area contributed by atoms with Crippen LogP contribution < -0.4 is 19.5 Å². The number of quaternary nitrogens is 1. The highest BCUT2D eigenvalue weighted by atomic mass is 19.4. The van der Waals surface area contributed by atoms with E-state index in [9.17, 15) is 13.2 Å². The number of aromatic nitrogens is 1. The number of rotatable bonds is 6. The minimum absolute atomic E-state index is 0.0894. The normalized spacial score (nSPS) is 15.6. The Morgan fingerprint density at radius 1 is 1.00 bits per heavy atom. The Labute approximate surface area is 178 Å². The maximum absolute atomic E-state index is 12.5. The second-order valence-corrected chi connectivity index (χ2v) is 7.13. The Kier molecular flexibility index (Phi) is 5.82. The minimum Gasteiger partial charge on any atom is -0.490 e. The van der Waals surface area contributed by atoms with E-state index in [1.807, 2.05) is 44.3 Å². The molecule has 1 aliphatic rings. The molecule has 2 N–H and O–H groups in total. The maximum atomic E-state index is 12.5. The zero-order valence-electron chi connectivity index (χ0n) is 17.3. The number of benzene rings is 2. The van der Waals surface area contributed by atoms with Gasteiger partial charge in [0.1, 0.15) is 12.3 Å². The lowest BCUT2D eigenvalue weighted by Crippen LogP contribution is -2.83.